The Morgan fingerprint density at radius 3 is 2.25 bits per heavy atom. The third-order valence-corrected chi connectivity index (χ3v) is 3.81. The predicted molar refractivity (Wildman–Crippen MR) is 85.5 cm³/mol. The Hall–Kier alpha value is -1.19. The smallest absolute Gasteiger partial charge is 0.124 e. The minimum atomic E-state index is -0.204. The van der Waals surface area contributed by atoms with E-state index < -0.39 is 0 Å². The van der Waals surface area contributed by atoms with Crippen LogP contribution < -0.4 is 5.32 Å². The molecule has 0 amide bonds. The van der Waals surface area contributed by atoms with Crippen LogP contribution in [0.2, 0.25) is 0 Å². The Balaban J connectivity index is 2.28. The van der Waals surface area contributed by atoms with Crippen molar-refractivity contribution in [2.24, 2.45) is 0 Å². The van der Waals surface area contributed by atoms with Crippen molar-refractivity contribution < 1.29 is 4.39 Å². The van der Waals surface area contributed by atoms with Crippen LogP contribution in [-0.4, -0.2) is 7.05 Å². The van der Waals surface area contributed by atoms with Crippen molar-refractivity contribution in [3.05, 3.63) is 68.9 Å². The van der Waals surface area contributed by atoms with E-state index in [4.69, 9.17) is 0 Å². The molecule has 1 N–H and O–H groups in total. The molecule has 0 aliphatic heterocycles. The fourth-order valence-electron chi connectivity index (χ4n) is 2.56. The van der Waals surface area contributed by atoms with Gasteiger partial charge in [0.25, 0.3) is 0 Å². The Morgan fingerprint density at radius 2 is 1.70 bits per heavy atom. The van der Waals surface area contributed by atoms with Crippen molar-refractivity contribution >= 4 is 15.9 Å². The first kappa shape index (κ1) is 15.2. The van der Waals surface area contributed by atoms with E-state index in [-0.39, 0.29) is 11.9 Å². The molecule has 1 nitrogen and oxygen atoms in total. The lowest BCUT2D eigenvalue weighted by molar-refractivity contribution is 0.583. The Bertz CT molecular complexity index is 569. The van der Waals surface area contributed by atoms with Crippen molar-refractivity contribution in [1.29, 1.82) is 0 Å². The Kier molecular flexibility index (Phi) is 4.95. The standard InChI is InChI=1S/C17H19BrFN/c1-11-4-12(2)6-14(5-11)17(20-3)9-13-7-15(18)10-16(19)8-13/h4-8,10,17,20H,9H2,1-3H3. The van der Waals surface area contributed by atoms with E-state index >= 15 is 0 Å². The highest BCUT2D eigenvalue weighted by Gasteiger charge is 2.12. The highest BCUT2D eigenvalue weighted by molar-refractivity contribution is 9.10. The summed E-state index contributed by atoms with van der Waals surface area (Å²) in [6, 6.07) is 11.8. The number of nitrogens with one attached hydrogen (secondary N) is 1. The third-order valence-electron chi connectivity index (χ3n) is 3.36. The molecule has 0 bridgehead atoms. The molecule has 0 saturated carbocycles. The number of rotatable bonds is 4. The highest BCUT2D eigenvalue weighted by Crippen LogP contribution is 2.23. The first-order valence-electron chi connectivity index (χ1n) is 6.68. The zero-order chi connectivity index (χ0) is 14.7. The summed E-state index contributed by atoms with van der Waals surface area (Å²) in [4.78, 5) is 0. The molecule has 0 fully saturated rings. The molecule has 0 aliphatic rings. The summed E-state index contributed by atoms with van der Waals surface area (Å²) in [6.07, 6.45) is 0.760. The molecule has 0 aliphatic carbocycles. The van der Waals surface area contributed by atoms with Crippen molar-refractivity contribution in [3.63, 3.8) is 0 Å². The average molecular weight is 336 g/mol. The van der Waals surface area contributed by atoms with E-state index in [2.05, 4.69) is 53.3 Å². The molecule has 1 atom stereocenters. The van der Waals surface area contributed by atoms with E-state index in [1.54, 1.807) is 6.07 Å². The maximum absolute atomic E-state index is 13.5. The SMILES string of the molecule is CNC(Cc1cc(F)cc(Br)c1)c1cc(C)cc(C)c1. The highest BCUT2D eigenvalue weighted by atomic mass is 79.9. The lowest BCUT2D eigenvalue weighted by Gasteiger charge is -2.18. The fraction of sp³-hybridized carbons (Fsp3) is 0.294. The molecule has 0 radical (unpaired) electrons. The van der Waals surface area contributed by atoms with E-state index in [9.17, 15) is 4.39 Å². The molecule has 0 aromatic heterocycles. The second-order valence-electron chi connectivity index (χ2n) is 5.24. The van der Waals surface area contributed by atoms with Gasteiger partial charge in [0.15, 0.2) is 0 Å². The number of benzene rings is 2. The Labute approximate surface area is 128 Å². The summed E-state index contributed by atoms with van der Waals surface area (Å²) < 4.78 is 14.2. The number of likely N-dealkylation sites (N-methyl/N-ethyl adjacent to an activating group) is 1. The van der Waals surface area contributed by atoms with Gasteiger partial charge in [0.05, 0.1) is 0 Å². The topological polar surface area (TPSA) is 12.0 Å². The van der Waals surface area contributed by atoms with E-state index in [0.29, 0.717) is 0 Å². The van der Waals surface area contributed by atoms with Crippen LogP contribution in [0, 0.1) is 19.7 Å². The first-order valence-corrected chi connectivity index (χ1v) is 7.47. The van der Waals surface area contributed by atoms with Gasteiger partial charge in [-0.15, -0.1) is 0 Å². The minimum absolute atomic E-state index is 0.183. The maximum Gasteiger partial charge on any atom is 0.124 e. The summed E-state index contributed by atoms with van der Waals surface area (Å²) in [7, 11) is 1.94. The molecular weight excluding hydrogens is 317 g/mol. The van der Waals surface area contributed by atoms with Crippen molar-refractivity contribution in [3.8, 4) is 0 Å². The van der Waals surface area contributed by atoms with Crippen LogP contribution in [0.5, 0.6) is 0 Å². The molecular formula is C17H19BrFN. The molecule has 20 heavy (non-hydrogen) atoms. The maximum atomic E-state index is 13.5. The van der Waals surface area contributed by atoms with Gasteiger partial charge in [-0.2, -0.15) is 0 Å². The van der Waals surface area contributed by atoms with Crippen LogP contribution in [0.1, 0.15) is 28.3 Å². The van der Waals surface area contributed by atoms with Crippen molar-refractivity contribution in [2.45, 2.75) is 26.3 Å². The number of hydrogen-bond donors (Lipinski definition) is 1. The van der Waals surface area contributed by atoms with Crippen LogP contribution in [0.3, 0.4) is 0 Å². The monoisotopic (exact) mass is 335 g/mol. The second kappa shape index (κ2) is 6.51. The molecule has 0 spiro atoms. The fourth-order valence-corrected chi connectivity index (χ4v) is 3.07. The van der Waals surface area contributed by atoms with Gasteiger partial charge in [-0.1, -0.05) is 45.3 Å². The zero-order valence-corrected chi connectivity index (χ0v) is 13.6. The van der Waals surface area contributed by atoms with Crippen LogP contribution in [0.4, 0.5) is 4.39 Å². The summed E-state index contributed by atoms with van der Waals surface area (Å²) >= 11 is 3.34. The van der Waals surface area contributed by atoms with Gasteiger partial charge in [0, 0.05) is 10.5 Å². The van der Waals surface area contributed by atoms with Crippen LogP contribution in [-0.2, 0) is 6.42 Å². The van der Waals surface area contributed by atoms with Gasteiger partial charge in [0.2, 0.25) is 0 Å². The average Bonchev–Trinajstić information content (AvgIpc) is 2.33. The molecule has 3 heteroatoms. The summed E-state index contributed by atoms with van der Waals surface area (Å²) in [5.41, 5.74) is 4.72. The number of hydrogen-bond acceptors (Lipinski definition) is 1. The number of halogens is 2. The van der Waals surface area contributed by atoms with E-state index in [0.717, 1.165) is 16.5 Å². The molecule has 1 unspecified atom stereocenters. The predicted octanol–water partition coefficient (Wildman–Crippen LogP) is 4.71. The third kappa shape index (κ3) is 3.90. The molecule has 0 saturated heterocycles. The quantitative estimate of drug-likeness (QED) is 0.853. The lowest BCUT2D eigenvalue weighted by atomic mass is 9.96. The second-order valence-corrected chi connectivity index (χ2v) is 6.16. The van der Waals surface area contributed by atoms with Gasteiger partial charge in [-0.3, -0.25) is 0 Å². The van der Waals surface area contributed by atoms with E-state index in [1.165, 1.54) is 22.8 Å². The molecule has 2 aromatic rings. The van der Waals surface area contributed by atoms with Crippen LogP contribution >= 0.6 is 15.9 Å². The first-order chi connectivity index (χ1) is 9.47. The minimum Gasteiger partial charge on any atom is -0.313 e. The van der Waals surface area contributed by atoms with Gasteiger partial charge >= 0.3 is 0 Å². The van der Waals surface area contributed by atoms with Gasteiger partial charge in [0.1, 0.15) is 5.82 Å². The van der Waals surface area contributed by atoms with Gasteiger partial charge < -0.3 is 5.32 Å². The molecule has 2 rings (SSSR count). The lowest BCUT2D eigenvalue weighted by Crippen LogP contribution is -2.19. The summed E-state index contributed by atoms with van der Waals surface area (Å²) in [5, 5.41) is 3.32. The van der Waals surface area contributed by atoms with Crippen molar-refractivity contribution in [1.82, 2.24) is 5.32 Å². The van der Waals surface area contributed by atoms with Crippen LogP contribution in [0.15, 0.2) is 40.9 Å². The zero-order valence-electron chi connectivity index (χ0n) is 12.0. The number of aryl methyl sites for hydroxylation is 2. The van der Waals surface area contributed by atoms with E-state index in [1.807, 2.05) is 13.1 Å². The Morgan fingerprint density at radius 1 is 1.05 bits per heavy atom. The van der Waals surface area contributed by atoms with Gasteiger partial charge in [-0.25, -0.2) is 4.39 Å². The van der Waals surface area contributed by atoms with Crippen molar-refractivity contribution in [2.75, 3.05) is 7.05 Å². The van der Waals surface area contributed by atoms with Crippen LogP contribution in [0.25, 0.3) is 0 Å². The molecule has 2 aromatic carbocycles. The normalized spacial score (nSPS) is 12.4. The molecule has 106 valence electrons. The summed E-state index contributed by atoms with van der Waals surface area (Å²) in [6.45, 7) is 4.20. The van der Waals surface area contributed by atoms with Gasteiger partial charge in [-0.05, 0) is 56.6 Å². The summed E-state index contributed by atoms with van der Waals surface area (Å²) in [5.74, 6) is -0.204. The molecule has 0 heterocycles. The largest absolute Gasteiger partial charge is 0.313 e.